The van der Waals surface area contributed by atoms with Crippen molar-refractivity contribution in [1.82, 2.24) is 10.3 Å². The Bertz CT molecular complexity index is 1260. The lowest BCUT2D eigenvalue weighted by Gasteiger charge is -2.14. The van der Waals surface area contributed by atoms with Crippen LogP contribution in [0.25, 0.3) is 0 Å². The molecule has 3 N–H and O–H groups in total. The molecule has 13 heteroatoms. The van der Waals surface area contributed by atoms with Crippen LogP contribution in [0, 0.1) is 11.6 Å². The lowest BCUT2D eigenvalue weighted by atomic mass is 10.1. The Hall–Kier alpha value is -2.80. The quantitative estimate of drug-likeness (QED) is 0.291. The van der Waals surface area contributed by atoms with Gasteiger partial charge >= 0.3 is 5.97 Å². The van der Waals surface area contributed by atoms with Gasteiger partial charge in [0.2, 0.25) is 0 Å². The van der Waals surface area contributed by atoms with Gasteiger partial charge < -0.3 is 15.2 Å². The number of nitrogens with zero attached hydrogens (tertiary/aromatic N) is 1. The number of aliphatic carboxylic acids is 1. The third-order valence-electron chi connectivity index (χ3n) is 4.49. The highest BCUT2D eigenvalue weighted by Crippen LogP contribution is 2.33. The molecule has 0 spiro atoms. The van der Waals surface area contributed by atoms with E-state index >= 15 is 0 Å². The summed E-state index contributed by atoms with van der Waals surface area (Å²) in [5.41, 5.74) is 0.620. The average Bonchev–Trinajstić information content (AvgIpc) is 3.26. The first-order valence-corrected chi connectivity index (χ1v) is 12.7. The third kappa shape index (κ3) is 7.10. The van der Waals surface area contributed by atoms with Gasteiger partial charge in [0.05, 0.1) is 6.42 Å². The highest BCUT2D eigenvalue weighted by Gasteiger charge is 2.24. The SMILES string of the molecule is O=C(O)CCNCCCc1cc(Cl)ccc1Oc1cc(F)c(S(=O)(=O)Nc2nccs2)cc1F. The second kappa shape index (κ2) is 11.6. The number of sulfonamides is 1. The monoisotopic (exact) mass is 531 g/mol. The zero-order valence-electron chi connectivity index (χ0n) is 17.6. The molecule has 0 amide bonds. The predicted octanol–water partition coefficient (Wildman–Crippen LogP) is 4.66. The van der Waals surface area contributed by atoms with Gasteiger partial charge in [0, 0.05) is 35.3 Å². The number of hydrogen-bond donors (Lipinski definition) is 3. The Kier molecular flexibility index (Phi) is 8.78. The standard InChI is InChI=1S/C21H20ClF2N3O5S2/c22-14-3-4-17(13(10-14)2-1-6-25-7-5-20(28)29)32-18-11-16(24)19(12-15(18)23)34(30,31)27-21-26-8-9-33-21/h3-4,8-12,25H,1-2,5-7H2,(H,26,27)(H,28,29). The second-order valence-corrected chi connectivity index (χ2v) is 9.99. The lowest BCUT2D eigenvalue weighted by molar-refractivity contribution is -0.136. The number of ether oxygens (including phenoxy) is 1. The maximum absolute atomic E-state index is 14.7. The summed E-state index contributed by atoms with van der Waals surface area (Å²) in [5, 5.41) is 13.6. The molecule has 0 atom stereocenters. The molecule has 0 radical (unpaired) electrons. The number of carboxylic acid groups (broad SMARTS) is 1. The Labute approximate surface area is 203 Å². The van der Waals surface area contributed by atoms with Crippen LogP contribution in [0.15, 0.2) is 46.8 Å². The molecule has 34 heavy (non-hydrogen) atoms. The van der Waals surface area contributed by atoms with Crippen molar-refractivity contribution in [3.05, 3.63) is 64.1 Å². The molecule has 1 heterocycles. The number of hydrogen-bond acceptors (Lipinski definition) is 7. The molecule has 3 aromatic rings. The van der Waals surface area contributed by atoms with Crippen molar-refractivity contribution in [1.29, 1.82) is 0 Å². The lowest BCUT2D eigenvalue weighted by Crippen LogP contribution is -2.19. The molecule has 182 valence electrons. The molecule has 0 aliphatic heterocycles. The molecule has 0 aliphatic carbocycles. The van der Waals surface area contributed by atoms with Crippen molar-refractivity contribution in [2.24, 2.45) is 0 Å². The second-order valence-electron chi connectivity index (χ2n) is 7.01. The fraction of sp³-hybridized carbons (Fsp3) is 0.238. The minimum absolute atomic E-state index is 0.00143. The van der Waals surface area contributed by atoms with Gasteiger partial charge in [0.15, 0.2) is 16.7 Å². The normalized spacial score (nSPS) is 11.4. The minimum Gasteiger partial charge on any atom is -0.481 e. The molecule has 1 aromatic heterocycles. The highest BCUT2D eigenvalue weighted by molar-refractivity contribution is 7.93. The fourth-order valence-electron chi connectivity index (χ4n) is 2.92. The molecular formula is C21H20ClF2N3O5S2. The summed E-state index contributed by atoms with van der Waals surface area (Å²) in [6, 6.07) is 5.86. The van der Waals surface area contributed by atoms with E-state index in [9.17, 15) is 22.0 Å². The summed E-state index contributed by atoms with van der Waals surface area (Å²) in [6.45, 7) is 0.853. The van der Waals surface area contributed by atoms with Crippen LogP contribution in [0.1, 0.15) is 18.4 Å². The zero-order valence-corrected chi connectivity index (χ0v) is 19.9. The summed E-state index contributed by atoms with van der Waals surface area (Å²) in [5.74, 6) is -3.43. The summed E-state index contributed by atoms with van der Waals surface area (Å²) in [7, 11) is -4.40. The van der Waals surface area contributed by atoms with E-state index in [0.717, 1.165) is 11.3 Å². The third-order valence-corrected chi connectivity index (χ3v) is 6.89. The Morgan fingerprint density at radius 1 is 1.15 bits per heavy atom. The van der Waals surface area contributed by atoms with Crippen LogP contribution in [0.5, 0.6) is 11.5 Å². The van der Waals surface area contributed by atoms with E-state index in [-0.39, 0.29) is 17.3 Å². The molecule has 0 bridgehead atoms. The minimum atomic E-state index is -4.40. The summed E-state index contributed by atoms with van der Waals surface area (Å²) >= 11 is 7.04. The number of thiazole rings is 1. The Balaban J connectivity index is 1.74. The molecule has 0 aliphatic rings. The van der Waals surface area contributed by atoms with Crippen molar-refractivity contribution in [2.45, 2.75) is 24.2 Å². The van der Waals surface area contributed by atoms with Gasteiger partial charge in [0.1, 0.15) is 16.5 Å². The summed E-state index contributed by atoms with van der Waals surface area (Å²) < 4.78 is 61.8. The van der Waals surface area contributed by atoms with Gasteiger partial charge in [-0.3, -0.25) is 9.52 Å². The smallest absolute Gasteiger partial charge is 0.304 e. The van der Waals surface area contributed by atoms with E-state index in [1.807, 2.05) is 0 Å². The molecule has 0 unspecified atom stereocenters. The predicted molar refractivity (Wildman–Crippen MR) is 124 cm³/mol. The van der Waals surface area contributed by atoms with Crippen LogP contribution in [0.2, 0.25) is 5.02 Å². The molecule has 3 rings (SSSR count). The van der Waals surface area contributed by atoms with Crippen molar-refractivity contribution in [2.75, 3.05) is 17.8 Å². The number of anilines is 1. The van der Waals surface area contributed by atoms with Gasteiger partial charge in [0.25, 0.3) is 10.0 Å². The van der Waals surface area contributed by atoms with Gasteiger partial charge in [-0.25, -0.2) is 22.2 Å². The summed E-state index contributed by atoms with van der Waals surface area (Å²) in [4.78, 5) is 13.4. The summed E-state index contributed by atoms with van der Waals surface area (Å²) in [6.07, 6.45) is 2.44. The Morgan fingerprint density at radius 3 is 2.65 bits per heavy atom. The van der Waals surface area contributed by atoms with Gasteiger partial charge in [-0.2, -0.15) is 0 Å². The highest BCUT2D eigenvalue weighted by atomic mass is 35.5. The van der Waals surface area contributed by atoms with Crippen molar-refractivity contribution >= 4 is 44.1 Å². The van der Waals surface area contributed by atoms with Crippen LogP contribution in [-0.2, 0) is 21.2 Å². The first kappa shape index (κ1) is 25.8. The first-order valence-electron chi connectivity index (χ1n) is 9.96. The van der Waals surface area contributed by atoms with Crippen molar-refractivity contribution in [3.8, 4) is 11.5 Å². The van der Waals surface area contributed by atoms with E-state index in [0.29, 0.717) is 48.6 Å². The number of carbonyl (C=O) groups is 1. The van der Waals surface area contributed by atoms with E-state index < -0.39 is 38.3 Å². The topological polar surface area (TPSA) is 118 Å². The average molecular weight is 532 g/mol. The van der Waals surface area contributed by atoms with E-state index in [2.05, 4.69) is 15.0 Å². The Morgan fingerprint density at radius 2 is 1.94 bits per heavy atom. The maximum atomic E-state index is 14.7. The van der Waals surface area contributed by atoms with Crippen LogP contribution in [0.4, 0.5) is 13.9 Å². The number of aromatic nitrogens is 1. The van der Waals surface area contributed by atoms with Gasteiger partial charge in [-0.15, -0.1) is 11.3 Å². The molecule has 2 aromatic carbocycles. The van der Waals surface area contributed by atoms with Crippen LogP contribution in [-0.4, -0.2) is 37.6 Å². The maximum Gasteiger partial charge on any atom is 0.304 e. The van der Waals surface area contributed by atoms with E-state index in [4.69, 9.17) is 21.4 Å². The van der Waals surface area contributed by atoms with Crippen molar-refractivity contribution in [3.63, 3.8) is 0 Å². The van der Waals surface area contributed by atoms with Gasteiger partial charge in [-0.05, 0) is 43.1 Å². The molecule has 0 saturated heterocycles. The largest absolute Gasteiger partial charge is 0.481 e. The number of benzene rings is 2. The first-order chi connectivity index (χ1) is 16.2. The number of nitrogens with one attached hydrogen (secondary N) is 2. The van der Waals surface area contributed by atoms with Crippen LogP contribution < -0.4 is 14.8 Å². The number of halogens is 3. The molecule has 0 saturated carbocycles. The molecular weight excluding hydrogens is 512 g/mol. The van der Waals surface area contributed by atoms with Crippen molar-refractivity contribution < 1.29 is 31.8 Å². The zero-order chi connectivity index (χ0) is 24.7. The van der Waals surface area contributed by atoms with Gasteiger partial charge in [-0.1, -0.05) is 11.6 Å². The van der Waals surface area contributed by atoms with E-state index in [1.54, 1.807) is 6.07 Å². The van der Waals surface area contributed by atoms with Crippen LogP contribution >= 0.6 is 22.9 Å². The fourth-order valence-corrected chi connectivity index (χ4v) is 4.98. The number of rotatable bonds is 12. The number of carboxylic acids is 1. The van der Waals surface area contributed by atoms with E-state index in [1.165, 1.54) is 23.7 Å². The molecule has 8 nitrogen and oxygen atoms in total. The van der Waals surface area contributed by atoms with Crippen LogP contribution in [0.3, 0.4) is 0 Å². The molecule has 0 fully saturated rings. The number of aryl methyl sites for hydroxylation is 1.